The smallest absolute Gasteiger partial charge is 0.336 e. The molecule has 0 aliphatic carbocycles. The molecule has 0 bridgehead atoms. The molecule has 2 aromatic carbocycles. The average molecular weight is 286 g/mol. The summed E-state index contributed by atoms with van der Waals surface area (Å²) in [6.07, 6.45) is 0. The summed E-state index contributed by atoms with van der Waals surface area (Å²) in [5.41, 5.74) is 4.63. The van der Waals surface area contributed by atoms with Gasteiger partial charge < -0.3 is 10.8 Å². The summed E-state index contributed by atoms with van der Waals surface area (Å²) in [5.74, 6) is -2.16. The Morgan fingerprint density at radius 1 is 1.05 bits per heavy atom. The van der Waals surface area contributed by atoms with Crippen molar-refractivity contribution < 1.29 is 19.6 Å². The molecule has 0 fully saturated rings. The number of nitrogens with zero attached hydrogens (tertiary/aromatic N) is 1. The Hall–Kier alpha value is -3.22. The van der Waals surface area contributed by atoms with Gasteiger partial charge in [-0.1, -0.05) is 18.2 Å². The van der Waals surface area contributed by atoms with Gasteiger partial charge in [0.2, 0.25) is 5.91 Å². The summed E-state index contributed by atoms with van der Waals surface area (Å²) in [7, 11) is 0. The molecule has 7 heteroatoms. The minimum Gasteiger partial charge on any atom is -0.478 e. The van der Waals surface area contributed by atoms with Crippen LogP contribution in [0.1, 0.15) is 20.7 Å². The van der Waals surface area contributed by atoms with Crippen molar-refractivity contribution in [3.8, 4) is 11.1 Å². The third-order valence-electron chi connectivity index (χ3n) is 2.93. The number of nitro benzene ring substituents is 1. The zero-order valence-electron chi connectivity index (χ0n) is 10.6. The monoisotopic (exact) mass is 286 g/mol. The van der Waals surface area contributed by atoms with Gasteiger partial charge in [-0.3, -0.25) is 14.9 Å². The fourth-order valence-electron chi connectivity index (χ4n) is 2.07. The standard InChI is InChI=1S/C14H10N2O5/c15-13(17)9-5-3-6-10(14(18)19)12(9)8-4-1-2-7-11(8)16(20)21/h1-7H,(H2,15,17)(H,18,19). The van der Waals surface area contributed by atoms with E-state index < -0.39 is 16.8 Å². The number of hydrogen-bond donors (Lipinski definition) is 2. The highest BCUT2D eigenvalue weighted by molar-refractivity contribution is 6.07. The minimum atomic E-state index is -1.30. The Labute approximate surface area is 118 Å². The minimum absolute atomic E-state index is 0.0364. The van der Waals surface area contributed by atoms with Gasteiger partial charge in [0.25, 0.3) is 5.69 Å². The molecular formula is C14H10N2O5. The van der Waals surface area contributed by atoms with E-state index in [1.165, 1.54) is 42.5 Å². The number of carboxylic acid groups (broad SMARTS) is 1. The molecule has 0 heterocycles. The van der Waals surface area contributed by atoms with Crippen LogP contribution in [0.5, 0.6) is 0 Å². The van der Waals surface area contributed by atoms with E-state index in [0.29, 0.717) is 0 Å². The van der Waals surface area contributed by atoms with Crippen molar-refractivity contribution in [1.29, 1.82) is 0 Å². The normalized spacial score (nSPS) is 10.1. The molecule has 21 heavy (non-hydrogen) atoms. The summed E-state index contributed by atoms with van der Waals surface area (Å²) in [5, 5.41) is 20.3. The van der Waals surface area contributed by atoms with Gasteiger partial charge in [0.1, 0.15) is 0 Å². The molecular weight excluding hydrogens is 276 g/mol. The van der Waals surface area contributed by atoms with Crippen molar-refractivity contribution in [3.63, 3.8) is 0 Å². The van der Waals surface area contributed by atoms with Gasteiger partial charge in [-0.15, -0.1) is 0 Å². The highest BCUT2D eigenvalue weighted by Crippen LogP contribution is 2.34. The lowest BCUT2D eigenvalue weighted by atomic mass is 9.93. The number of nitrogens with two attached hydrogens (primary N) is 1. The quantitative estimate of drug-likeness (QED) is 0.657. The number of aromatic carboxylic acids is 1. The Bertz CT molecular complexity index is 723. The van der Waals surface area contributed by atoms with Crippen LogP contribution in [0, 0.1) is 10.1 Å². The third-order valence-corrected chi connectivity index (χ3v) is 2.93. The number of carboxylic acids is 1. The maximum absolute atomic E-state index is 11.5. The number of primary amides is 1. The highest BCUT2D eigenvalue weighted by atomic mass is 16.6. The van der Waals surface area contributed by atoms with Crippen molar-refractivity contribution in [2.24, 2.45) is 5.73 Å². The number of nitro groups is 1. The number of amides is 1. The van der Waals surface area contributed by atoms with E-state index in [-0.39, 0.29) is 27.9 Å². The number of benzene rings is 2. The predicted molar refractivity (Wildman–Crippen MR) is 74.0 cm³/mol. The molecule has 1 amide bonds. The summed E-state index contributed by atoms with van der Waals surface area (Å²) in [6, 6.07) is 9.55. The molecule has 2 aromatic rings. The number of para-hydroxylation sites is 1. The summed E-state index contributed by atoms with van der Waals surface area (Å²) in [4.78, 5) is 33.3. The Morgan fingerprint density at radius 3 is 2.24 bits per heavy atom. The van der Waals surface area contributed by atoms with Gasteiger partial charge >= 0.3 is 5.97 Å². The molecule has 3 N–H and O–H groups in total. The SMILES string of the molecule is NC(=O)c1cccc(C(=O)O)c1-c1ccccc1[N+](=O)[O-]. The topological polar surface area (TPSA) is 124 Å². The van der Waals surface area contributed by atoms with E-state index in [0.717, 1.165) is 0 Å². The maximum Gasteiger partial charge on any atom is 0.336 e. The van der Waals surface area contributed by atoms with Gasteiger partial charge in [0, 0.05) is 17.2 Å². The Morgan fingerprint density at radius 2 is 1.67 bits per heavy atom. The Balaban J connectivity index is 2.88. The van der Waals surface area contributed by atoms with Gasteiger partial charge in [-0.25, -0.2) is 4.79 Å². The van der Waals surface area contributed by atoms with E-state index in [9.17, 15) is 24.8 Å². The van der Waals surface area contributed by atoms with Crippen LogP contribution in [0.4, 0.5) is 5.69 Å². The molecule has 0 spiro atoms. The first-order chi connectivity index (χ1) is 9.93. The van der Waals surface area contributed by atoms with Gasteiger partial charge in [0.15, 0.2) is 0 Å². The van der Waals surface area contributed by atoms with E-state index in [1.54, 1.807) is 0 Å². The molecule has 0 atom stereocenters. The highest BCUT2D eigenvalue weighted by Gasteiger charge is 2.24. The first-order valence-corrected chi connectivity index (χ1v) is 5.83. The third kappa shape index (κ3) is 2.57. The van der Waals surface area contributed by atoms with Gasteiger partial charge in [0.05, 0.1) is 16.1 Å². The lowest BCUT2D eigenvalue weighted by Gasteiger charge is -2.11. The van der Waals surface area contributed by atoms with Crippen molar-refractivity contribution in [2.75, 3.05) is 0 Å². The molecule has 0 radical (unpaired) electrons. The number of carbonyl (C=O) groups excluding carboxylic acids is 1. The first kappa shape index (κ1) is 14.2. The predicted octanol–water partition coefficient (Wildman–Crippen LogP) is 2.06. The maximum atomic E-state index is 11.5. The molecule has 106 valence electrons. The van der Waals surface area contributed by atoms with Crippen LogP contribution in [0.2, 0.25) is 0 Å². The second-order valence-corrected chi connectivity index (χ2v) is 4.17. The fraction of sp³-hybridized carbons (Fsp3) is 0. The van der Waals surface area contributed by atoms with Crippen molar-refractivity contribution in [2.45, 2.75) is 0 Å². The molecule has 0 aliphatic heterocycles. The van der Waals surface area contributed by atoms with Gasteiger partial charge in [-0.2, -0.15) is 0 Å². The summed E-state index contributed by atoms with van der Waals surface area (Å²) >= 11 is 0. The number of hydrogen-bond acceptors (Lipinski definition) is 4. The second-order valence-electron chi connectivity index (χ2n) is 4.17. The molecule has 0 saturated carbocycles. The lowest BCUT2D eigenvalue weighted by molar-refractivity contribution is -0.384. The van der Waals surface area contributed by atoms with Crippen LogP contribution in [0.3, 0.4) is 0 Å². The molecule has 2 rings (SSSR count). The average Bonchev–Trinajstić information content (AvgIpc) is 2.46. The second kappa shape index (κ2) is 5.41. The van der Waals surface area contributed by atoms with Crippen LogP contribution in [-0.2, 0) is 0 Å². The number of carbonyl (C=O) groups is 2. The van der Waals surface area contributed by atoms with Crippen molar-refractivity contribution in [3.05, 3.63) is 63.7 Å². The van der Waals surface area contributed by atoms with Crippen LogP contribution in [-0.4, -0.2) is 21.9 Å². The molecule has 0 aliphatic rings. The summed E-state index contributed by atoms with van der Waals surface area (Å²) < 4.78 is 0. The van der Waals surface area contributed by atoms with Crippen LogP contribution >= 0.6 is 0 Å². The molecule has 7 nitrogen and oxygen atoms in total. The van der Waals surface area contributed by atoms with Crippen molar-refractivity contribution >= 4 is 17.6 Å². The van der Waals surface area contributed by atoms with E-state index >= 15 is 0 Å². The lowest BCUT2D eigenvalue weighted by Crippen LogP contribution is -2.15. The molecule has 0 unspecified atom stereocenters. The Kier molecular flexibility index (Phi) is 3.66. The van der Waals surface area contributed by atoms with E-state index in [4.69, 9.17) is 5.73 Å². The molecule has 0 aromatic heterocycles. The van der Waals surface area contributed by atoms with Crippen LogP contribution in [0.25, 0.3) is 11.1 Å². The van der Waals surface area contributed by atoms with Crippen LogP contribution in [0.15, 0.2) is 42.5 Å². The fourth-order valence-corrected chi connectivity index (χ4v) is 2.07. The van der Waals surface area contributed by atoms with E-state index in [1.807, 2.05) is 0 Å². The zero-order valence-corrected chi connectivity index (χ0v) is 10.6. The largest absolute Gasteiger partial charge is 0.478 e. The van der Waals surface area contributed by atoms with Crippen molar-refractivity contribution in [1.82, 2.24) is 0 Å². The first-order valence-electron chi connectivity index (χ1n) is 5.83. The number of rotatable bonds is 4. The van der Waals surface area contributed by atoms with Crippen LogP contribution < -0.4 is 5.73 Å². The zero-order chi connectivity index (χ0) is 15.6. The van der Waals surface area contributed by atoms with E-state index in [2.05, 4.69) is 0 Å². The summed E-state index contributed by atoms with van der Waals surface area (Å²) in [6.45, 7) is 0. The molecule has 0 saturated heterocycles. The van der Waals surface area contributed by atoms with Gasteiger partial charge in [-0.05, 0) is 18.2 Å².